The van der Waals surface area contributed by atoms with Gasteiger partial charge in [-0.1, -0.05) is 12.1 Å². The van der Waals surface area contributed by atoms with Crippen molar-refractivity contribution >= 4 is 59.8 Å². The van der Waals surface area contributed by atoms with Gasteiger partial charge in [0.25, 0.3) is 5.91 Å². The van der Waals surface area contributed by atoms with Crippen LogP contribution in [0.2, 0.25) is 0 Å². The van der Waals surface area contributed by atoms with Crippen LogP contribution in [-0.4, -0.2) is 65.0 Å². The van der Waals surface area contributed by atoms with Crippen LogP contribution in [0.3, 0.4) is 0 Å². The van der Waals surface area contributed by atoms with Gasteiger partial charge >= 0.3 is 41.8 Å². The SMILES string of the molecule is CC(=O)Oc1ccc(/C=C/C(=O)O[C@H](C(N)=O)[C@H](OC(=O)/C=C/c2ccc(OC(C)=O)c(OC(C)=O)c2)C(=O)O)cc1OC(C)=O. The van der Waals surface area contributed by atoms with Gasteiger partial charge in [0, 0.05) is 39.8 Å². The van der Waals surface area contributed by atoms with E-state index >= 15 is 0 Å². The Kier molecular flexibility index (Phi) is 12.9. The second kappa shape index (κ2) is 16.5. The van der Waals surface area contributed by atoms with Crippen molar-refractivity contribution in [1.29, 1.82) is 0 Å². The minimum Gasteiger partial charge on any atom is -0.478 e. The molecule has 46 heavy (non-hydrogen) atoms. The molecule has 0 aromatic heterocycles. The quantitative estimate of drug-likeness (QED) is 0.179. The standard InChI is InChI=1S/C30H27NO15/c1-15(32)41-21-9-5-19(13-23(21)43-17(3)34)7-11-25(36)45-27(29(31)38)28(30(39)40)46-26(37)12-8-20-6-10-22(42-16(2)33)24(14-20)44-18(4)35/h5-14,27-28H,1-4H3,(H2,31,38)(H,39,40)/b11-7+,12-8+/t27-,28-/m0/s1. The maximum Gasteiger partial charge on any atom is 0.349 e. The van der Waals surface area contributed by atoms with E-state index in [1.807, 2.05) is 0 Å². The molecule has 2 atom stereocenters. The number of hydrogen-bond acceptors (Lipinski definition) is 14. The largest absolute Gasteiger partial charge is 0.478 e. The van der Waals surface area contributed by atoms with E-state index in [0.29, 0.717) is 0 Å². The fourth-order valence-corrected chi connectivity index (χ4v) is 3.37. The molecule has 16 heteroatoms. The second-order valence-corrected chi connectivity index (χ2v) is 8.91. The van der Waals surface area contributed by atoms with E-state index in [2.05, 4.69) is 0 Å². The first-order chi connectivity index (χ1) is 21.5. The summed E-state index contributed by atoms with van der Waals surface area (Å²) in [4.78, 5) is 94.1. The maximum atomic E-state index is 12.4. The molecular formula is C30H27NO15. The summed E-state index contributed by atoms with van der Waals surface area (Å²) in [5.74, 6) is -9.22. The van der Waals surface area contributed by atoms with Crippen molar-refractivity contribution < 1.29 is 71.9 Å². The highest BCUT2D eigenvalue weighted by atomic mass is 16.6. The Bertz CT molecular complexity index is 1500. The van der Waals surface area contributed by atoms with Gasteiger partial charge in [0.15, 0.2) is 23.0 Å². The van der Waals surface area contributed by atoms with Crippen LogP contribution >= 0.6 is 0 Å². The first-order valence-corrected chi connectivity index (χ1v) is 12.9. The van der Waals surface area contributed by atoms with E-state index in [-0.39, 0.29) is 34.1 Å². The lowest BCUT2D eigenvalue weighted by molar-refractivity contribution is -0.177. The normalized spacial score (nSPS) is 12.0. The summed E-state index contributed by atoms with van der Waals surface area (Å²) in [6.45, 7) is 4.47. The Hall–Kier alpha value is -6.32. The number of primary amides is 1. The molecule has 16 nitrogen and oxygen atoms in total. The van der Waals surface area contributed by atoms with Crippen LogP contribution in [0, 0.1) is 0 Å². The number of nitrogens with two attached hydrogens (primary N) is 1. The number of carboxylic acid groups (broad SMARTS) is 1. The van der Waals surface area contributed by atoms with Gasteiger partial charge in [-0.3, -0.25) is 24.0 Å². The van der Waals surface area contributed by atoms with Crippen molar-refractivity contribution in [1.82, 2.24) is 0 Å². The summed E-state index contributed by atoms with van der Waals surface area (Å²) in [6.07, 6.45) is -0.853. The molecule has 0 aliphatic rings. The first-order valence-electron chi connectivity index (χ1n) is 12.9. The molecule has 0 aliphatic heterocycles. The smallest absolute Gasteiger partial charge is 0.349 e. The Morgan fingerprint density at radius 3 is 1.26 bits per heavy atom. The van der Waals surface area contributed by atoms with Crippen LogP contribution in [0.25, 0.3) is 12.2 Å². The monoisotopic (exact) mass is 641 g/mol. The van der Waals surface area contributed by atoms with E-state index in [4.69, 9.17) is 34.2 Å². The summed E-state index contributed by atoms with van der Waals surface area (Å²) in [5, 5.41) is 9.58. The van der Waals surface area contributed by atoms with Crippen LogP contribution in [0.15, 0.2) is 48.6 Å². The molecule has 3 N–H and O–H groups in total. The molecule has 2 rings (SSSR count). The van der Waals surface area contributed by atoms with Gasteiger partial charge in [-0.25, -0.2) is 14.4 Å². The average molecular weight is 642 g/mol. The molecule has 1 amide bonds. The lowest BCUT2D eigenvalue weighted by atomic mass is 10.1. The third kappa shape index (κ3) is 11.8. The fourth-order valence-electron chi connectivity index (χ4n) is 3.37. The van der Waals surface area contributed by atoms with Gasteiger partial charge in [-0.15, -0.1) is 0 Å². The fraction of sp³-hybridized carbons (Fsp3) is 0.200. The zero-order valence-corrected chi connectivity index (χ0v) is 24.7. The van der Waals surface area contributed by atoms with E-state index in [0.717, 1.165) is 52.0 Å². The molecule has 242 valence electrons. The third-order valence-corrected chi connectivity index (χ3v) is 5.06. The molecule has 0 heterocycles. The molecule has 2 aromatic rings. The van der Waals surface area contributed by atoms with Crippen molar-refractivity contribution in [3.05, 3.63) is 59.7 Å². The third-order valence-electron chi connectivity index (χ3n) is 5.06. The summed E-state index contributed by atoms with van der Waals surface area (Å²) < 4.78 is 29.5. The van der Waals surface area contributed by atoms with Crippen LogP contribution in [0.1, 0.15) is 38.8 Å². The molecule has 2 aromatic carbocycles. The predicted octanol–water partition coefficient (Wildman–Crippen LogP) is 1.51. The number of amides is 1. The van der Waals surface area contributed by atoms with Gasteiger partial charge in [0.05, 0.1) is 0 Å². The van der Waals surface area contributed by atoms with Crippen molar-refractivity contribution in [2.45, 2.75) is 39.9 Å². The van der Waals surface area contributed by atoms with Crippen molar-refractivity contribution in [3.8, 4) is 23.0 Å². The van der Waals surface area contributed by atoms with Crippen molar-refractivity contribution in [2.24, 2.45) is 5.73 Å². The topological polar surface area (TPSA) is 238 Å². The molecule has 0 spiro atoms. The minimum absolute atomic E-state index is 0.0831. The number of ether oxygens (including phenoxy) is 6. The van der Waals surface area contributed by atoms with Gasteiger partial charge in [-0.2, -0.15) is 0 Å². The van der Waals surface area contributed by atoms with Crippen LogP contribution < -0.4 is 24.7 Å². The molecule has 0 aliphatic carbocycles. The molecular weight excluding hydrogens is 614 g/mol. The molecule has 0 radical (unpaired) electrons. The number of aliphatic carboxylic acids is 1. The summed E-state index contributed by atoms with van der Waals surface area (Å²) in [6, 6.07) is 7.75. The maximum absolute atomic E-state index is 12.4. The highest BCUT2D eigenvalue weighted by molar-refractivity contribution is 5.95. The zero-order valence-electron chi connectivity index (χ0n) is 24.7. The number of esters is 6. The highest BCUT2D eigenvalue weighted by Gasteiger charge is 2.38. The van der Waals surface area contributed by atoms with Gasteiger partial charge < -0.3 is 39.3 Å². The number of carbonyl (C=O) groups excluding carboxylic acids is 7. The highest BCUT2D eigenvalue weighted by Crippen LogP contribution is 2.30. The lowest BCUT2D eigenvalue weighted by Gasteiger charge is -2.20. The molecule has 0 saturated carbocycles. The number of carboxylic acids is 1. The Morgan fingerprint density at radius 2 is 0.935 bits per heavy atom. The minimum atomic E-state index is -2.37. The molecule has 0 fully saturated rings. The number of rotatable bonds is 13. The first kappa shape index (κ1) is 35.9. The molecule has 0 bridgehead atoms. The number of hydrogen-bond donors (Lipinski definition) is 2. The lowest BCUT2D eigenvalue weighted by Crippen LogP contribution is -2.48. The number of carbonyl (C=O) groups is 8. The average Bonchev–Trinajstić information content (AvgIpc) is 2.93. The van der Waals surface area contributed by atoms with E-state index in [1.165, 1.54) is 36.4 Å². The van der Waals surface area contributed by atoms with Crippen molar-refractivity contribution in [3.63, 3.8) is 0 Å². The van der Waals surface area contributed by atoms with Crippen LogP contribution in [0.4, 0.5) is 0 Å². The summed E-state index contributed by atoms with van der Waals surface area (Å²) in [5.41, 5.74) is 5.66. The Balaban J connectivity index is 2.20. The van der Waals surface area contributed by atoms with Crippen molar-refractivity contribution in [2.75, 3.05) is 0 Å². The van der Waals surface area contributed by atoms with Crippen LogP contribution in [-0.2, 0) is 47.8 Å². The van der Waals surface area contributed by atoms with Gasteiger partial charge in [-0.05, 0) is 47.5 Å². The van der Waals surface area contributed by atoms with E-state index in [9.17, 15) is 43.5 Å². The molecule has 0 unspecified atom stereocenters. The van der Waals surface area contributed by atoms with Crippen LogP contribution in [0.5, 0.6) is 23.0 Å². The van der Waals surface area contributed by atoms with Gasteiger partial charge in [0.2, 0.25) is 12.2 Å². The number of benzene rings is 2. The molecule has 0 saturated heterocycles. The van der Waals surface area contributed by atoms with E-state index in [1.54, 1.807) is 0 Å². The Labute approximate surface area is 260 Å². The Morgan fingerprint density at radius 1 is 0.587 bits per heavy atom. The van der Waals surface area contributed by atoms with E-state index < -0.39 is 59.9 Å². The summed E-state index contributed by atoms with van der Waals surface area (Å²) >= 11 is 0. The van der Waals surface area contributed by atoms with Gasteiger partial charge in [0.1, 0.15) is 0 Å². The zero-order chi connectivity index (χ0) is 34.6. The predicted molar refractivity (Wildman–Crippen MR) is 153 cm³/mol. The summed E-state index contributed by atoms with van der Waals surface area (Å²) in [7, 11) is 0. The second-order valence-electron chi connectivity index (χ2n) is 8.91.